The minimum absolute atomic E-state index is 0.0549. The number of hydrogen-bond acceptors (Lipinski definition) is 4. The first-order valence-electron chi connectivity index (χ1n) is 5.94. The number of nitro benzene ring substituents is 1. The van der Waals surface area contributed by atoms with Gasteiger partial charge in [0.15, 0.2) is 0 Å². The van der Waals surface area contributed by atoms with E-state index in [1.807, 2.05) is 6.92 Å². The number of benzene rings is 1. The van der Waals surface area contributed by atoms with Gasteiger partial charge in [0.1, 0.15) is 5.02 Å². The first kappa shape index (κ1) is 13.8. The number of carbonyl (C=O) groups is 1. The largest absolute Gasteiger partial charge is 0.326 e. The third-order valence-corrected chi connectivity index (χ3v) is 3.66. The van der Waals surface area contributed by atoms with Crippen molar-refractivity contribution < 1.29 is 9.72 Å². The van der Waals surface area contributed by atoms with E-state index in [1.54, 1.807) is 6.07 Å². The minimum atomic E-state index is -0.572. The number of anilines is 1. The van der Waals surface area contributed by atoms with E-state index in [1.165, 1.54) is 12.1 Å². The fourth-order valence-electron chi connectivity index (χ4n) is 1.87. The van der Waals surface area contributed by atoms with Crippen LogP contribution in [0, 0.1) is 22.0 Å². The monoisotopic (exact) mass is 283 g/mol. The van der Waals surface area contributed by atoms with Crippen LogP contribution in [0.15, 0.2) is 18.2 Å². The summed E-state index contributed by atoms with van der Waals surface area (Å²) in [5.74, 6) is 0.0568. The zero-order valence-electron chi connectivity index (χ0n) is 10.4. The van der Waals surface area contributed by atoms with Crippen molar-refractivity contribution in [2.24, 2.45) is 11.8 Å². The van der Waals surface area contributed by atoms with E-state index in [-0.39, 0.29) is 22.5 Å². The van der Waals surface area contributed by atoms with Crippen molar-refractivity contribution in [3.8, 4) is 0 Å². The Kier molecular flexibility index (Phi) is 4.01. The smallest absolute Gasteiger partial charge is 0.289 e. The second-order valence-corrected chi connectivity index (χ2v) is 5.03. The van der Waals surface area contributed by atoms with Gasteiger partial charge in [0.2, 0.25) is 5.91 Å². The maximum Gasteiger partial charge on any atom is 0.289 e. The molecule has 1 fully saturated rings. The lowest BCUT2D eigenvalue weighted by molar-refractivity contribution is -0.384. The summed E-state index contributed by atoms with van der Waals surface area (Å²) in [7, 11) is 0. The van der Waals surface area contributed by atoms with Gasteiger partial charge in [-0.1, -0.05) is 18.5 Å². The van der Waals surface area contributed by atoms with Crippen LogP contribution in [0.1, 0.15) is 6.92 Å². The van der Waals surface area contributed by atoms with Gasteiger partial charge in [-0.05, 0) is 31.1 Å². The molecule has 1 aromatic rings. The Morgan fingerprint density at radius 3 is 2.79 bits per heavy atom. The Labute approximate surface area is 115 Å². The highest BCUT2D eigenvalue weighted by atomic mass is 35.5. The summed E-state index contributed by atoms with van der Waals surface area (Å²) in [5, 5.41) is 16.6. The number of nitrogens with zero attached hydrogens (tertiary/aromatic N) is 1. The average Bonchev–Trinajstić information content (AvgIpc) is 2.28. The standard InChI is InChI=1S/C12H14ClN3O3/c1-7(8-5-14-6-8)12(17)15-9-2-3-10(13)11(4-9)16(18)19/h2-4,7-8,14H,5-6H2,1H3,(H,15,17). The number of hydrogen-bond donors (Lipinski definition) is 2. The van der Waals surface area contributed by atoms with E-state index in [4.69, 9.17) is 11.6 Å². The minimum Gasteiger partial charge on any atom is -0.326 e. The average molecular weight is 284 g/mol. The van der Waals surface area contributed by atoms with E-state index in [9.17, 15) is 14.9 Å². The molecule has 2 rings (SSSR count). The number of nitrogens with one attached hydrogen (secondary N) is 2. The molecule has 0 aromatic heterocycles. The van der Waals surface area contributed by atoms with Gasteiger partial charge in [0.05, 0.1) is 4.92 Å². The molecule has 0 bridgehead atoms. The third kappa shape index (κ3) is 3.02. The molecule has 1 aliphatic rings. The van der Waals surface area contributed by atoms with Crippen LogP contribution in [0.4, 0.5) is 11.4 Å². The lowest BCUT2D eigenvalue weighted by atomic mass is 9.88. The quantitative estimate of drug-likeness (QED) is 0.654. The number of amides is 1. The molecule has 0 spiro atoms. The highest BCUT2D eigenvalue weighted by Gasteiger charge is 2.28. The normalized spacial score (nSPS) is 16.5. The van der Waals surface area contributed by atoms with E-state index < -0.39 is 4.92 Å². The van der Waals surface area contributed by atoms with Gasteiger partial charge < -0.3 is 10.6 Å². The molecule has 1 unspecified atom stereocenters. The maximum atomic E-state index is 12.0. The van der Waals surface area contributed by atoms with Crippen LogP contribution in [0.5, 0.6) is 0 Å². The van der Waals surface area contributed by atoms with Gasteiger partial charge in [-0.2, -0.15) is 0 Å². The van der Waals surface area contributed by atoms with Crippen LogP contribution >= 0.6 is 11.6 Å². The van der Waals surface area contributed by atoms with Crippen molar-refractivity contribution in [1.82, 2.24) is 5.32 Å². The summed E-state index contributed by atoms with van der Waals surface area (Å²) in [6, 6.07) is 4.23. The van der Waals surface area contributed by atoms with Crippen LogP contribution in [-0.2, 0) is 4.79 Å². The third-order valence-electron chi connectivity index (χ3n) is 3.34. The van der Waals surface area contributed by atoms with Crippen molar-refractivity contribution in [1.29, 1.82) is 0 Å². The SMILES string of the molecule is CC(C(=O)Nc1ccc(Cl)c([N+](=O)[O-])c1)C1CNC1. The predicted molar refractivity (Wildman–Crippen MR) is 72.3 cm³/mol. The fraction of sp³-hybridized carbons (Fsp3) is 0.417. The molecule has 1 aliphatic heterocycles. The molecule has 102 valence electrons. The molecule has 1 saturated heterocycles. The molecule has 0 saturated carbocycles. The van der Waals surface area contributed by atoms with E-state index in [0.29, 0.717) is 11.6 Å². The molecular weight excluding hydrogens is 270 g/mol. The Bertz CT molecular complexity index is 517. The lowest BCUT2D eigenvalue weighted by Crippen LogP contribution is -2.48. The highest BCUT2D eigenvalue weighted by Crippen LogP contribution is 2.28. The summed E-state index contributed by atoms with van der Waals surface area (Å²) in [6.45, 7) is 3.51. The van der Waals surface area contributed by atoms with Gasteiger partial charge in [-0.15, -0.1) is 0 Å². The van der Waals surface area contributed by atoms with Crippen molar-refractivity contribution in [2.45, 2.75) is 6.92 Å². The molecule has 6 nitrogen and oxygen atoms in total. The van der Waals surface area contributed by atoms with Gasteiger partial charge in [-0.3, -0.25) is 14.9 Å². The molecule has 1 atom stereocenters. The van der Waals surface area contributed by atoms with Crippen LogP contribution in [-0.4, -0.2) is 23.9 Å². The first-order valence-corrected chi connectivity index (χ1v) is 6.32. The Hall–Kier alpha value is -1.66. The molecular formula is C12H14ClN3O3. The molecule has 0 aliphatic carbocycles. The Morgan fingerprint density at radius 1 is 1.58 bits per heavy atom. The van der Waals surface area contributed by atoms with Crippen molar-refractivity contribution >= 4 is 28.9 Å². The molecule has 1 aromatic carbocycles. The van der Waals surface area contributed by atoms with Gasteiger partial charge >= 0.3 is 0 Å². The maximum absolute atomic E-state index is 12.0. The first-order chi connectivity index (χ1) is 8.99. The summed E-state index contributed by atoms with van der Waals surface area (Å²) in [6.07, 6.45) is 0. The molecule has 1 heterocycles. The zero-order valence-corrected chi connectivity index (χ0v) is 11.1. The van der Waals surface area contributed by atoms with E-state index >= 15 is 0 Å². The summed E-state index contributed by atoms with van der Waals surface area (Å²) >= 11 is 5.71. The summed E-state index contributed by atoms with van der Waals surface area (Å²) < 4.78 is 0. The second kappa shape index (κ2) is 5.54. The highest BCUT2D eigenvalue weighted by molar-refractivity contribution is 6.32. The van der Waals surface area contributed by atoms with Gasteiger partial charge in [0, 0.05) is 17.7 Å². The molecule has 2 N–H and O–H groups in total. The van der Waals surface area contributed by atoms with Gasteiger partial charge in [0.25, 0.3) is 5.69 Å². The van der Waals surface area contributed by atoms with Crippen LogP contribution < -0.4 is 10.6 Å². The number of nitro groups is 1. The molecule has 1 amide bonds. The molecule has 0 radical (unpaired) electrons. The topological polar surface area (TPSA) is 84.3 Å². The van der Waals surface area contributed by atoms with E-state index in [0.717, 1.165) is 13.1 Å². The molecule has 19 heavy (non-hydrogen) atoms. The van der Waals surface area contributed by atoms with Crippen molar-refractivity contribution in [2.75, 3.05) is 18.4 Å². The van der Waals surface area contributed by atoms with Crippen molar-refractivity contribution in [3.63, 3.8) is 0 Å². The van der Waals surface area contributed by atoms with Crippen LogP contribution in [0.2, 0.25) is 5.02 Å². The second-order valence-electron chi connectivity index (χ2n) is 4.62. The fourth-order valence-corrected chi connectivity index (χ4v) is 2.05. The number of halogens is 1. The lowest BCUT2D eigenvalue weighted by Gasteiger charge is -2.31. The van der Waals surface area contributed by atoms with Crippen molar-refractivity contribution in [3.05, 3.63) is 33.3 Å². The number of carbonyl (C=O) groups excluding carboxylic acids is 1. The van der Waals surface area contributed by atoms with Crippen LogP contribution in [0.25, 0.3) is 0 Å². The summed E-state index contributed by atoms with van der Waals surface area (Å²) in [4.78, 5) is 22.2. The zero-order chi connectivity index (χ0) is 14.0. The Morgan fingerprint density at radius 2 is 2.26 bits per heavy atom. The number of rotatable bonds is 4. The Balaban J connectivity index is 2.08. The molecule has 7 heteroatoms. The summed E-state index contributed by atoms with van der Waals surface area (Å²) in [5.41, 5.74) is 0.178. The van der Waals surface area contributed by atoms with Crippen LogP contribution in [0.3, 0.4) is 0 Å². The predicted octanol–water partition coefficient (Wildman–Crippen LogP) is 2.04. The van der Waals surface area contributed by atoms with Gasteiger partial charge in [-0.25, -0.2) is 0 Å². The van der Waals surface area contributed by atoms with E-state index in [2.05, 4.69) is 10.6 Å².